The third-order valence-corrected chi connectivity index (χ3v) is 2.10. The van der Waals surface area contributed by atoms with E-state index in [0.717, 1.165) is 25.0 Å². The summed E-state index contributed by atoms with van der Waals surface area (Å²) < 4.78 is 26.1. The number of rotatable bonds is 2. The van der Waals surface area contributed by atoms with Gasteiger partial charge in [-0.2, -0.15) is 0 Å². The molecule has 1 aliphatic rings. The maximum atomic E-state index is 13.1. The van der Waals surface area contributed by atoms with Crippen molar-refractivity contribution in [3.8, 4) is 0 Å². The van der Waals surface area contributed by atoms with E-state index < -0.39 is 23.1 Å². The summed E-state index contributed by atoms with van der Waals surface area (Å²) in [5, 5.41) is 2.53. The summed E-state index contributed by atoms with van der Waals surface area (Å²) in [6.07, 6.45) is 1.78. The van der Waals surface area contributed by atoms with E-state index in [1.165, 1.54) is 6.07 Å². The molecule has 2 rings (SSSR count). The van der Waals surface area contributed by atoms with Crippen LogP contribution < -0.4 is 5.32 Å². The number of hydrogen-bond donors (Lipinski definition) is 1. The normalized spacial score (nSPS) is 15.3. The Kier molecular flexibility index (Phi) is 2.19. The average Bonchev–Trinajstić information content (AvgIpc) is 2.87. The molecule has 0 aliphatic heterocycles. The Balaban J connectivity index is 2.24. The van der Waals surface area contributed by atoms with Crippen molar-refractivity contribution in [2.24, 2.45) is 0 Å². The third kappa shape index (κ3) is 1.73. The minimum atomic E-state index is -0.817. The van der Waals surface area contributed by atoms with Crippen LogP contribution in [0.15, 0.2) is 18.2 Å². The minimum Gasteiger partial charge on any atom is -0.349 e. The summed E-state index contributed by atoms with van der Waals surface area (Å²) in [6, 6.07) is 3.48. The second-order valence-electron chi connectivity index (χ2n) is 3.34. The molecule has 1 N–H and O–H groups in total. The molecular formula is C10H9F2NO. The van der Waals surface area contributed by atoms with Crippen LogP contribution in [0.4, 0.5) is 8.78 Å². The van der Waals surface area contributed by atoms with Crippen LogP contribution in [0.2, 0.25) is 0 Å². The van der Waals surface area contributed by atoms with Gasteiger partial charge in [0.2, 0.25) is 0 Å². The van der Waals surface area contributed by atoms with E-state index in [9.17, 15) is 13.6 Å². The number of amides is 1. The molecule has 1 fully saturated rings. The van der Waals surface area contributed by atoms with Gasteiger partial charge < -0.3 is 5.32 Å². The zero-order chi connectivity index (χ0) is 10.1. The molecule has 0 bridgehead atoms. The lowest BCUT2D eigenvalue weighted by molar-refractivity contribution is 0.0942. The zero-order valence-corrected chi connectivity index (χ0v) is 7.39. The first-order valence-corrected chi connectivity index (χ1v) is 4.43. The number of carbonyl (C=O) groups excluding carboxylic acids is 1. The molecule has 1 amide bonds. The molecule has 0 unspecified atom stereocenters. The van der Waals surface area contributed by atoms with Gasteiger partial charge in [-0.3, -0.25) is 4.79 Å². The smallest absolute Gasteiger partial charge is 0.257 e. The molecule has 0 atom stereocenters. The molecule has 14 heavy (non-hydrogen) atoms. The van der Waals surface area contributed by atoms with Crippen LogP contribution in [0.5, 0.6) is 0 Å². The largest absolute Gasteiger partial charge is 0.349 e. The SMILES string of the molecule is O=C(NC1CC1)c1c(F)cccc1F. The fourth-order valence-corrected chi connectivity index (χ4v) is 1.20. The lowest BCUT2D eigenvalue weighted by atomic mass is 10.2. The molecule has 0 aromatic heterocycles. The first-order valence-electron chi connectivity index (χ1n) is 4.43. The van der Waals surface area contributed by atoms with Crippen LogP contribution in [0.25, 0.3) is 0 Å². The third-order valence-electron chi connectivity index (χ3n) is 2.10. The van der Waals surface area contributed by atoms with Crippen molar-refractivity contribution < 1.29 is 13.6 Å². The van der Waals surface area contributed by atoms with Crippen LogP contribution in [-0.4, -0.2) is 11.9 Å². The van der Waals surface area contributed by atoms with Gasteiger partial charge in [-0.15, -0.1) is 0 Å². The maximum absolute atomic E-state index is 13.1. The van der Waals surface area contributed by atoms with Gasteiger partial charge in [0.15, 0.2) is 0 Å². The van der Waals surface area contributed by atoms with E-state index in [4.69, 9.17) is 0 Å². The van der Waals surface area contributed by atoms with E-state index in [2.05, 4.69) is 5.32 Å². The quantitative estimate of drug-likeness (QED) is 0.770. The van der Waals surface area contributed by atoms with E-state index >= 15 is 0 Å². The summed E-state index contributed by atoms with van der Waals surface area (Å²) in [5.74, 6) is -2.30. The molecule has 1 aromatic rings. The second kappa shape index (κ2) is 3.36. The highest BCUT2D eigenvalue weighted by Gasteiger charge is 2.26. The zero-order valence-electron chi connectivity index (χ0n) is 7.39. The van der Waals surface area contributed by atoms with Crippen molar-refractivity contribution in [3.05, 3.63) is 35.4 Å². The fourth-order valence-electron chi connectivity index (χ4n) is 1.20. The minimum absolute atomic E-state index is 0.0986. The van der Waals surface area contributed by atoms with Crippen molar-refractivity contribution in [1.82, 2.24) is 5.32 Å². The Bertz CT molecular complexity index is 354. The lowest BCUT2D eigenvalue weighted by Gasteiger charge is -2.04. The van der Waals surface area contributed by atoms with Crippen molar-refractivity contribution in [3.63, 3.8) is 0 Å². The predicted octanol–water partition coefficient (Wildman–Crippen LogP) is 1.86. The van der Waals surface area contributed by atoms with Gasteiger partial charge in [-0.05, 0) is 25.0 Å². The summed E-state index contributed by atoms with van der Waals surface area (Å²) in [4.78, 5) is 11.3. The maximum Gasteiger partial charge on any atom is 0.257 e. The summed E-state index contributed by atoms with van der Waals surface area (Å²) >= 11 is 0. The molecule has 74 valence electrons. The van der Waals surface area contributed by atoms with Gasteiger partial charge in [-0.1, -0.05) is 6.07 Å². The highest BCUT2D eigenvalue weighted by Crippen LogP contribution is 2.20. The van der Waals surface area contributed by atoms with E-state index in [0.29, 0.717) is 0 Å². The first kappa shape index (κ1) is 9.12. The second-order valence-corrected chi connectivity index (χ2v) is 3.34. The molecule has 0 spiro atoms. The van der Waals surface area contributed by atoms with Crippen LogP contribution in [0.3, 0.4) is 0 Å². The Hall–Kier alpha value is -1.45. The van der Waals surface area contributed by atoms with Crippen molar-refractivity contribution >= 4 is 5.91 Å². The topological polar surface area (TPSA) is 29.1 Å². The van der Waals surface area contributed by atoms with E-state index in [1.807, 2.05) is 0 Å². The molecule has 0 saturated heterocycles. The summed E-state index contributed by atoms with van der Waals surface area (Å²) in [5.41, 5.74) is -0.487. The van der Waals surface area contributed by atoms with Crippen molar-refractivity contribution in [1.29, 1.82) is 0 Å². The van der Waals surface area contributed by atoms with Gasteiger partial charge in [0.05, 0.1) is 0 Å². The molecule has 1 aromatic carbocycles. The van der Waals surface area contributed by atoms with Crippen LogP contribution in [0, 0.1) is 11.6 Å². The number of nitrogens with one attached hydrogen (secondary N) is 1. The molecule has 1 saturated carbocycles. The Morgan fingerprint density at radius 3 is 2.36 bits per heavy atom. The number of hydrogen-bond acceptors (Lipinski definition) is 1. The standard InChI is InChI=1S/C10H9F2NO/c11-7-2-1-3-8(12)9(7)10(14)13-6-4-5-6/h1-3,6H,4-5H2,(H,13,14). The van der Waals surface area contributed by atoms with Gasteiger partial charge in [-0.25, -0.2) is 8.78 Å². The van der Waals surface area contributed by atoms with E-state index in [-0.39, 0.29) is 6.04 Å². The van der Waals surface area contributed by atoms with Crippen LogP contribution in [0.1, 0.15) is 23.2 Å². The van der Waals surface area contributed by atoms with Crippen molar-refractivity contribution in [2.45, 2.75) is 18.9 Å². The summed E-state index contributed by atoms with van der Waals surface area (Å²) in [7, 11) is 0. The summed E-state index contributed by atoms with van der Waals surface area (Å²) in [6.45, 7) is 0. The molecular weight excluding hydrogens is 188 g/mol. The van der Waals surface area contributed by atoms with Gasteiger partial charge in [0.25, 0.3) is 5.91 Å². The first-order chi connectivity index (χ1) is 6.68. The van der Waals surface area contributed by atoms with Crippen LogP contribution in [-0.2, 0) is 0 Å². The Labute approximate surface area is 79.9 Å². The number of carbonyl (C=O) groups is 1. The Morgan fingerprint density at radius 1 is 1.29 bits per heavy atom. The highest BCUT2D eigenvalue weighted by atomic mass is 19.1. The van der Waals surface area contributed by atoms with Crippen molar-refractivity contribution in [2.75, 3.05) is 0 Å². The average molecular weight is 197 g/mol. The highest BCUT2D eigenvalue weighted by molar-refractivity contribution is 5.95. The van der Waals surface area contributed by atoms with Gasteiger partial charge >= 0.3 is 0 Å². The monoisotopic (exact) mass is 197 g/mol. The number of halogens is 2. The molecule has 4 heteroatoms. The molecule has 0 heterocycles. The molecule has 0 radical (unpaired) electrons. The van der Waals surface area contributed by atoms with E-state index in [1.54, 1.807) is 0 Å². The fraction of sp³-hybridized carbons (Fsp3) is 0.300. The molecule has 2 nitrogen and oxygen atoms in total. The van der Waals surface area contributed by atoms with Gasteiger partial charge in [0, 0.05) is 6.04 Å². The molecule has 1 aliphatic carbocycles. The predicted molar refractivity (Wildman–Crippen MR) is 46.8 cm³/mol. The lowest BCUT2D eigenvalue weighted by Crippen LogP contribution is -2.27. The van der Waals surface area contributed by atoms with Gasteiger partial charge in [0.1, 0.15) is 17.2 Å². The van der Waals surface area contributed by atoms with Crippen LogP contribution >= 0.6 is 0 Å². The number of benzene rings is 1. The Morgan fingerprint density at radius 2 is 1.86 bits per heavy atom.